The van der Waals surface area contributed by atoms with E-state index in [1.54, 1.807) is 26.0 Å². The molecule has 0 saturated heterocycles. The van der Waals surface area contributed by atoms with Crippen LogP contribution in [0.15, 0.2) is 24.3 Å². The number of nitrogens with zero attached hydrogens (tertiary/aromatic N) is 1. The molecule has 0 aliphatic carbocycles. The van der Waals surface area contributed by atoms with Crippen LogP contribution in [-0.4, -0.2) is 43.3 Å². The predicted molar refractivity (Wildman–Crippen MR) is 97.1 cm³/mol. The zero-order chi connectivity index (χ0) is 18.4. The SMILES string of the molecule is CCOC(=O)c1ccc2cc(C(=O)OCC)n([C@@H](C)CCNC)c2c1. The Morgan fingerprint density at radius 3 is 2.44 bits per heavy atom. The Kier molecular flexibility index (Phi) is 6.58. The third kappa shape index (κ3) is 4.20. The Hall–Kier alpha value is -2.34. The third-order valence-electron chi connectivity index (χ3n) is 4.09. The minimum atomic E-state index is -0.363. The molecule has 2 rings (SSSR count). The van der Waals surface area contributed by atoms with Gasteiger partial charge in [0.05, 0.1) is 18.8 Å². The number of rotatable bonds is 8. The number of aromatic nitrogens is 1. The van der Waals surface area contributed by atoms with Crippen LogP contribution in [-0.2, 0) is 9.47 Å². The van der Waals surface area contributed by atoms with Gasteiger partial charge in [0, 0.05) is 16.9 Å². The van der Waals surface area contributed by atoms with Crippen molar-refractivity contribution in [3.63, 3.8) is 0 Å². The van der Waals surface area contributed by atoms with Gasteiger partial charge in [-0.25, -0.2) is 9.59 Å². The molecule has 1 aromatic heterocycles. The molecule has 1 atom stereocenters. The van der Waals surface area contributed by atoms with Crippen molar-refractivity contribution in [3.8, 4) is 0 Å². The molecule has 6 nitrogen and oxygen atoms in total. The maximum absolute atomic E-state index is 12.4. The zero-order valence-corrected chi connectivity index (χ0v) is 15.3. The largest absolute Gasteiger partial charge is 0.462 e. The number of hydrogen-bond donors (Lipinski definition) is 1. The molecule has 0 amide bonds. The third-order valence-corrected chi connectivity index (χ3v) is 4.09. The summed E-state index contributed by atoms with van der Waals surface area (Å²) in [7, 11) is 1.89. The minimum Gasteiger partial charge on any atom is -0.462 e. The fraction of sp³-hybridized carbons (Fsp3) is 0.474. The average Bonchev–Trinajstić information content (AvgIpc) is 2.98. The molecule has 0 fully saturated rings. The molecule has 6 heteroatoms. The molecule has 0 aliphatic rings. The van der Waals surface area contributed by atoms with Crippen LogP contribution in [0.3, 0.4) is 0 Å². The van der Waals surface area contributed by atoms with Gasteiger partial charge in [0.1, 0.15) is 5.69 Å². The molecule has 1 N–H and O–H groups in total. The van der Waals surface area contributed by atoms with Crippen molar-refractivity contribution in [2.75, 3.05) is 26.8 Å². The molecule has 136 valence electrons. The van der Waals surface area contributed by atoms with E-state index in [-0.39, 0.29) is 18.0 Å². The van der Waals surface area contributed by atoms with Crippen LogP contribution in [0.1, 0.15) is 54.1 Å². The first kappa shape index (κ1) is 19.0. The van der Waals surface area contributed by atoms with Crippen LogP contribution < -0.4 is 5.32 Å². The van der Waals surface area contributed by atoms with Crippen molar-refractivity contribution in [1.82, 2.24) is 9.88 Å². The van der Waals surface area contributed by atoms with Gasteiger partial charge in [-0.15, -0.1) is 0 Å². The van der Waals surface area contributed by atoms with E-state index in [1.807, 2.05) is 23.7 Å². The lowest BCUT2D eigenvalue weighted by Crippen LogP contribution is -2.19. The predicted octanol–water partition coefficient (Wildman–Crippen LogP) is 3.17. The van der Waals surface area contributed by atoms with Crippen molar-refractivity contribution < 1.29 is 19.1 Å². The van der Waals surface area contributed by atoms with Crippen LogP contribution in [0.25, 0.3) is 10.9 Å². The lowest BCUT2D eigenvalue weighted by molar-refractivity contribution is 0.0508. The van der Waals surface area contributed by atoms with Crippen LogP contribution in [0.2, 0.25) is 0 Å². The van der Waals surface area contributed by atoms with E-state index >= 15 is 0 Å². The van der Waals surface area contributed by atoms with Crippen LogP contribution in [0, 0.1) is 0 Å². The highest BCUT2D eigenvalue weighted by atomic mass is 16.5. The summed E-state index contributed by atoms with van der Waals surface area (Å²) in [6, 6.07) is 7.23. The number of benzene rings is 1. The zero-order valence-electron chi connectivity index (χ0n) is 15.3. The summed E-state index contributed by atoms with van der Waals surface area (Å²) in [6.07, 6.45) is 0.844. The average molecular weight is 346 g/mol. The van der Waals surface area contributed by atoms with E-state index in [9.17, 15) is 9.59 Å². The summed E-state index contributed by atoms with van der Waals surface area (Å²) in [5.41, 5.74) is 1.81. The van der Waals surface area contributed by atoms with E-state index in [0.29, 0.717) is 24.5 Å². The molecule has 0 saturated carbocycles. The van der Waals surface area contributed by atoms with Crippen molar-refractivity contribution >= 4 is 22.8 Å². The van der Waals surface area contributed by atoms with Crippen LogP contribution >= 0.6 is 0 Å². The van der Waals surface area contributed by atoms with E-state index in [4.69, 9.17) is 9.47 Å². The van der Waals surface area contributed by atoms with Gasteiger partial charge >= 0.3 is 11.9 Å². The highest BCUT2D eigenvalue weighted by Gasteiger charge is 2.21. The number of fused-ring (bicyclic) bond motifs is 1. The molecule has 0 bridgehead atoms. The van der Waals surface area contributed by atoms with Crippen LogP contribution in [0.4, 0.5) is 0 Å². The Morgan fingerprint density at radius 1 is 1.12 bits per heavy atom. The second kappa shape index (κ2) is 8.67. The molecule has 0 unspecified atom stereocenters. The number of nitrogens with one attached hydrogen (secondary N) is 1. The monoisotopic (exact) mass is 346 g/mol. The van der Waals surface area contributed by atoms with Crippen molar-refractivity contribution in [3.05, 3.63) is 35.5 Å². The number of carbonyl (C=O) groups excluding carboxylic acids is 2. The highest BCUT2D eigenvalue weighted by molar-refractivity contribution is 5.99. The first-order valence-corrected chi connectivity index (χ1v) is 8.67. The lowest BCUT2D eigenvalue weighted by atomic mass is 10.1. The van der Waals surface area contributed by atoms with Gasteiger partial charge in [-0.2, -0.15) is 0 Å². The molecule has 0 radical (unpaired) electrons. The Morgan fingerprint density at radius 2 is 1.80 bits per heavy atom. The normalized spacial score (nSPS) is 12.2. The second-order valence-electron chi connectivity index (χ2n) is 5.86. The molecule has 2 aromatic rings. The Bertz CT molecular complexity index is 751. The van der Waals surface area contributed by atoms with Gasteiger partial charge in [-0.1, -0.05) is 6.07 Å². The molecule has 0 aliphatic heterocycles. The second-order valence-corrected chi connectivity index (χ2v) is 5.86. The molecule has 1 heterocycles. The standard InChI is InChI=1S/C19H26N2O4/c1-5-24-18(22)15-8-7-14-11-17(19(23)25-6-2)21(16(14)12-15)13(3)9-10-20-4/h7-8,11-13,20H,5-6,9-10H2,1-4H3/t13-/m0/s1. The molecule has 0 spiro atoms. The number of ether oxygens (including phenoxy) is 2. The van der Waals surface area contributed by atoms with Gasteiger partial charge in [-0.3, -0.25) is 0 Å². The summed E-state index contributed by atoms with van der Waals surface area (Å²) in [5, 5.41) is 4.02. The maximum Gasteiger partial charge on any atom is 0.354 e. The first-order chi connectivity index (χ1) is 12.0. The fourth-order valence-corrected chi connectivity index (χ4v) is 2.88. The van der Waals surface area contributed by atoms with Crippen LogP contribution in [0.5, 0.6) is 0 Å². The molecule has 25 heavy (non-hydrogen) atoms. The van der Waals surface area contributed by atoms with Gasteiger partial charge in [-0.05, 0) is 59.0 Å². The van der Waals surface area contributed by atoms with Gasteiger partial charge in [0.25, 0.3) is 0 Å². The van der Waals surface area contributed by atoms with Gasteiger partial charge in [0.15, 0.2) is 0 Å². The summed E-state index contributed by atoms with van der Waals surface area (Å²) < 4.78 is 12.2. The van der Waals surface area contributed by atoms with Gasteiger partial charge in [0.2, 0.25) is 0 Å². The quantitative estimate of drug-likeness (QED) is 0.744. The maximum atomic E-state index is 12.4. The fourth-order valence-electron chi connectivity index (χ4n) is 2.88. The summed E-state index contributed by atoms with van der Waals surface area (Å²) in [6.45, 7) is 7.08. The lowest BCUT2D eigenvalue weighted by Gasteiger charge is -2.18. The smallest absolute Gasteiger partial charge is 0.354 e. The number of carbonyl (C=O) groups is 2. The van der Waals surface area contributed by atoms with Crippen molar-refractivity contribution in [2.24, 2.45) is 0 Å². The minimum absolute atomic E-state index is 0.0711. The first-order valence-electron chi connectivity index (χ1n) is 8.67. The topological polar surface area (TPSA) is 69.6 Å². The van der Waals surface area contributed by atoms with Crippen molar-refractivity contribution in [2.45, 2.75) is 33.2 Å². The summed E-state index contributed by atoms with van der Waals surface area (Å²) in [4.78, 5) is 24.4. The summed E-state index contributed by atoms with van der Waals surface area (Å²) >= 11 is 0. The highest BCUT2D eigenvalue weighted by Crippen LogP contribution is 2.27. The molecular formula is C19H26N2O4. The Labute approximate surface area is 148 Å². The Balaban J connectivity index is 2.55. The summed E-state index contributed by atoms with van der Waals surface area (Å²) in [5.74, 6) is -0.717. The van der Waals surface area contributed by atoms with Gasteiger partial charge < -0.3 is 19.4 Å². The van der Waals surface area contributed by atoms with E-state index in [2.05, 4.69) is 12.2 Å². The van der Waals surface area contributed by atoms with Crippen molar-refractivity contribution in [1.29, 1.82) is 0 Å². The number of hydrogen-bond acceptors (Lipinski definition) is 5. The number of esters is 2. The van der Waals surface area contributed by atoms with E-state index < -0.39 is 0 Å². The molecular weight excluding hydrogens is 320 g/mol. The molecule has 1 aromatic carbocycles. The van der Waals surface area contributed by atoms with E-state index in [0.717, 1.165) is 23.9 Å². The van der Waals surface area contributed by atoms with E-state index in [1.165, 1.54) is 0 Å².